The molecule has 1 heterocycles. The van der Waals surface area contributed by atoms with Crippen LogP contribution in [-0.4, -0.2) is 11.1 Å². The van der Waals surface area contributed by atoms with Gasteiger partial charge in [0.15, 0.2) is 0 Å². The predicted molar refractivity (Wildman–Crippen MR) is 104 cm³/mol. The number of hydrogen-bond acceptors (Lipinski definition) is 3. The van der Waals surface area contributed by atoms with Crippen molar-refractivity contribution >= 4 is 10.8 Å². The highest BCUT2D eigenvalue weighted by Gasteiger charge is 2.36. The van der Waals surface area contributed by atoms with E-state index in [0.29, 0.717) is 36.6 Å². The molecule has 0 unspecified atom stereocenters. The van der Waals surface area contributed by atoms with Gasteiger partial charge in [0.05, 0.1) is 6.10 Å². The van der Waals surface area contributed by atoms with Gasteiger partial charge in [-0.15, -0.1) is 0 Å². The average molecular weight is 384 g/mol. The zero-order valence-electron chi connectivity index (χ0n) is 15.6. The molecule has 0 saturated heterocycles. The number of aryl methyl sites for hydroxylation is 1. The standard InChI is InChI=1S/C22H22F2N2O2/c1-13-10-17-14(6-9-26-21(17)27)11-20(13)28-16-4-7-22(25,8-5-16)18-3-2-15(23)12-19(18)24/h2-3,6,9-12,16H,4-5,7-8,25H2,1H3,(H,26,27)/t16-,22+. The lowest BCUT2D eigenvalue weighted by atomic mass is 9.76. The van der Waals surface area contributed by atoms with E-state index in [9.17, 15) is 13.6 Å². The van der Waals surface area contributed by atoms with Crippen molar-refractivity contribution in [2.45, 2.75) is 44.2 Å². The molecule has 0 bridgehead atoms. The molecule has 3 N–H and O–H groups in total. The van der Waals surface area contributed by atoms with E-state index in [4.69, 9.17) is 10.5 Å². The molecular weight excluding hydrogens is 362 g/mol. The van der Waals surface area contributed by atoms with Crippen LogP contribution in [0, 0.1) is 18.6 Å². The molecule has 2 aromatic carbocycles. The van der Waals surface area contributed by atoms with Gasteiger partial charge in [0, 0.05) is 28.8 Å². The monoisotopic (exact) mass is 384 g/mol. The molecular formula is C22H22F2N2O2. The number of fused-ring (bicyclic) bond motifs is 1. The molecule has 1 aromatic heterocycles. The number of ether oxygens (including phenoxy) is 1. The molecule has 3 aromatic rings. The van der Waals surface area contributed by atoms with Crippen LogP contribution < -0.4 is 16.0 Å². The molecule has 1 saturated carbocycles. The van der Waals surface area contributed by atoms with Gasteiger partial charge >= 0.3 is 0 Å². The number of aromatic nitrogens is 1. The Morgan fingerprint density at radius 2 is 1.89 bits per heavy atom. The molecule has 28 heavy (non-hydrogen) atoms. The first kappa shape index (κ1) is 18.6. The lowest BCUT2D eigenvalue weighted by molar-refractivity contribution is 0.116. The van der Waals surface area contributed by atoms with E-state index in [2.05, 4.69) is 4.98 Å². The van der Waals surface area contributed by atoms with E-state index in [0.717, 1.165) is 22.8 Å². The number of benzene rings is 2. The molecule has 146 valence electrons. The zero-order chi connectivity index (χ0) is 19.9. The lowest BCUT2D eigenvalue weighted by Gasteiger charge is -2.38. The molecule has 0 amide bonds. The van der Waals surface area contributed by atoms with Gasteiger partial charge in [-0.2, -0.15) is 0 Å². The minimum atomic E-state index is -0.816. The summed E-state index contributed by atoms with van der Waals surface area (Å²) in [5.41, 5.74) is 6.75. The van der Waals surface area contributed by atoms with Crippen LogP contribution in [-0.2, 0) is 5.54 Å². The molecule has 4 rings (SSSR count). The van der Waals surface area contributed by atoms with E-state index in [1.165, 1.54) is 12.1 Å². The van der Waals surface area contributed by atoms with E-state index in [1.54, 1.807) is 6.20 Å². The van der Waals surface area contributed by atoms with Crippen molar-refractivity contribution in [1.29, 1.82) is 0 Å². The van der Waals surface area contributed by atoms with Gasteiger partial charge in [0.1, 0.15) is 17.4 Å². The molecule has 0 spiro atoms. The second-order valence-corrected chi connectivity index (χ2v) is 7.61. The van der Waals surface area contributed by atoms with Crippen molar-refractivity contribution in [3.8, 4) is 5.75 Å². The largest absolute Gasteiger partial charge is 0.490 e. The summed E-state index contributed by atoms with van der Waals surface area (Å²) < 4.78 is 33.6. The Morgan fingerprint density at radius 1 is 1.14 bits per heavy atom. The zero-order valence-corrected chi connectivity index (χ0v) is 15.6. The van der Waals surface area contributed by atoms with Crippen LogP contribution in [0.3, 0.4) is 0 Å². The molecule has 4 nitrogen and oxygen atoms in total. The highest BCUT2D eigenvalue weighted by molar-refractivity contribution is 5.83. The average Bonchev–Trinajstić information content (AvgIpc) is 2.65. The van der Waals surface area contributed by atoms with Crippen LogP contribution in [0.5, 0.6) is 5.75 Å². The van der Waals surface area contributed by atoms with Crippen LogP contribution in [0.15, 0.2) is 47.4 Å². The summed E-state index contributed by atoms with van der Waals surface area (Å²) in [7, 11) is 0. The normalized spacial score (nSPS) is 22.4. The molecule has 1 aliphatic carbocycles. The van der Waals surface area contributed by atoms with E-state index >= 15 is 0 Å². The van der Waals surface area contributed by atoms with Crippen molar-refractivity contribution < 1.29 is 13.5 Å². The van der Waals surface area contributed by atoms with Crippen molar-refractivity contribution in [3.05, 3.63) is 75.7 Å². The third-order valence-corrected chi connectivity index (χ3v) is 5.66. The van der Waals surface area contributed by atoms with Gasteiger partial charge in [-0.25, -0.2) is 8.78 Å². The van der Waals surface area contributed by atoms with Crippen LogP contribution in [0.1, 0.15) is 36.8 Å². The second kappa shape index (κ2) is 7.02. The Kier molecular flexibility index (Phi) is 4.67. The smallest absolute Gasteiger partial charge is 0.255 e. The first-order valence-electron chi connectivity index (χ1n) is 9.39. The van der Waals surface area contributed by atoms with E-state index in [1.807, 2.05) is 25.1 Å². The first-order valence-corrected chi connectivity index (χ1v) is 9.39. The number of nitrogens with two attached hydrogens (primary N) is 1. The summed E-state index contributed by atoms with van der Waals surface area (Å²) >= 11 is 0. The number of hydrogen-bond donors (Lipinski definition) is 2. The van der Waals surface area contributed by atoms with Crippen LogP contribution in [0.2, 0.25) is 0 Å². The van der Waals surface area contributed by atoms with Gasteiger partial charge in [0.25, 0.3) is 5.56 Å². The third kappa shape index (κ3) is 3.40. The van der Waals surface area contributed by atoms with Gasteiger partial charge in [-0.3, -0.25) is 4.79 Å². The summed E-state index contributed by atoms with van der Waals surface area (Å²) in [5.74, 6) is -0.467. The van der Waals surface area contributed by atoms with Crippen molar-refractivity contribution in [2.24, 2.45) is 5.73 Å². The Bertz CT molecular complexity index is 1090. The summed E-state index contributed by atoms with van der Waals surface area (Å²) in [5, 5.41) is 1.45. The van der Waals surface area contributed by atoms with Gasteiger partial charge < -0.3 is 15.5 Å². The molecule has 1 aliphatic rings. The number of nitrogens with one attached hydrogen (secondary N) is 1. The van der Waals surface area contributed by atoms with Crippen LogP contribution in [0.25, 0.3) is 10.8 Å². The topological polar surface area (TPSA) is 68.1 Å². The quantitative estimate of drug-likeness (QED) is 0.708. The van der Waals surface area contributed by atoms with Crippen LogP contribution in [0.4, 0.5) is 8.78 Å². The van der Waals surface area contributed by atoms with Crippen molar-refractivity contribution in [3.63, 3.8) is 0 Å². The molecule has 0 atom stereocenters. The highest BCUT2D eigenvalue weighted by atomic mass is 19.1. The molecule has 1 fully saturated rings. The SMILES string of the molecule is Cc1cc2c(=O)[nH]ccc2cc1O[C@H]1CC[C@](N)(c2ccc(F)cc2F)CC1. The maximum atomic E-state index is 14.2. The lowest BCUT2D eigenvalue weighted by Crippen LogP contribution is -2.43. The Morgan fingerprint density at radius 3 is 2.61 bits per heavy atom. The fourth-order valence-corrected chi connectivity index (χ4v) is 4.02. The van der Waals surface area contributed by atoms with E-state index in [-0.39, 0.29) is 11.7 Å². The molecule has 0 aliphatic heterocycles. The predicted octanol–water partition coefficient (Wildman–Crippen LogP) is 4.29. The summed E-state index contributed by atoms with van der Waals surface area (Å²) in [6.07, 6.45) is 4.00. The minimum Gasteiger partial charge on any atom is -0.490 e. The number of pyridine rings is 1. The van der Waals surface area contributed by atoms with Crippen molar-refractivity contribution in [2.75, 3.05) is 0 Å². The van der Waals surface area contributed by atoms with Gasteiger partial charge in [-0.05, 0) is 67.8 Å². The number of rotatable bonds is 3. The van der Waals surface area contributed by atoms with Gasteiger partial charge in [-0.1, -0.05) is 6.07 Å². The number of aromatic amines is 1. The Hall–Kier alpha value is -2.73. The van der Waals surface area contributed by atoms with Crippen LogP contribution >= 0.6 is 0 Å². The fourth-order valence-electron chi connectivity index (χ4n) is 4.02. The van der Waals surface area contributed by atoms with Crippen molar-refractivity contribution in [1.82, 2.24) is 4.98 Å². The minimum absolute atomic E-state index is 0.0432. The number of H-pyrrole nitrogens is 1. The molecule has 0 radical (unpaired) electrons. The first-order chi connectivity index (χ1) is 13.4. The van der Waals surface area contributed by atoms with E-state index < -0.39 is 17.2 Å². The second-order valence-electron chi connectivity index (χ2n) is 7.61. The molecule has 6 heteroatoms. The fraction of sp³-hybridized carbons (Fsp3) is 0.318. The third-order valence-electron chi connectivity index (χ3n) is 5.66. The maximum absolute atomic E-state index is 14.2. The highest BCUT2D eigenvalue weighted by Crippen LogP contribution is 2.38. The Labute approximate surface area is 161 Å². The van der Waals surface area contributed by atoms with Gasteiger partial charge in [0.2, 0.25) is 0 Å². The summed E-state index contributed by atoms with van der Waals surface area (Å²) in [6, 6.07) is 9.11. The maximum Gasteiger partial charge on any atom is 0.255 e. The number of halogens is 2. The Balaban J connectivity index is 1.51. The summed E-state index contributed by atoms with van der Waals surface area (Å²) in [4.78, 5) is 14.6. The summed E-state index contributed by atoms with van der Waals surface area (Å²) in [6.45, 7) is 1.91.